The van der Waals surface area contributed by atoms with Crippen molar-refractivity contribution in [2.24, 2.45) is 4.99 Å². The number of hydrogen-bond acceptors (Lipinski definition) is 4. The quantitative estimate of drug-likeness (QED) is 0.850. The van der Waals surface area contributed by atoms with E-state index in [-0.39, 0.29) is 0 Å². The Bertz CT molecular complexity index is 798. The minimum absolute atomic E-state index is 0.769. The molecule has 112 valence electrons. The van der Waals surface area contributed by atoms with Gasteiger partial charge in [-0.1, -0.05) is 24.3 Å². The van der Waals surface area contributed by atoms with E-state index in [0.717, 1.165) is 37.4 Å². The summed E-state index contributed by atoms with van der Waals surface area (Å²) in [6.45, 7) is 3.78. The number of para-hydroxylation sites is 1. The molecule has 2 aliphatic rings. The zero-order valence-corrected chi connectivity index (χ0v) is 12.7. The molecule has 2 heterocycles. The zero-order valence-electron chi connectivity index (χ0n) is 12.7. The Morgan fingerprint density at radius 1 is 1.05 bits per heavy atom. The summed E-state index contributed by atoms with van der Waals surface area (Å²) in [7, 11) is 1.70. The van der Waals surface area contributed by atoms with E-state index in [0.29, 0.717) is 0 Å². The van der Waals surface area contributed by atoms with E-state index in [2.05, 4.69) is 51.2 Å². The van der Waals surface area contributed by atoms with E-state index in [4.69, 9.17) is 4.74 Å². The second-order valence-corrected chi connectivity index (χ2v) is 5.67. The van der Waals surface area contributed by atoms with Gasteiger partial charge in [-0.15, -0.1) is 0 Å². The number of benzene rings is 2. The molecule has 0 aromatic heterocycles. The van der Waals surface area contributed by atoms with E-state index >= 15 is 0 Å². The van der Waals surface area contributed by atoms with Gasteiger partial charge >= 0.3 is 0 Å². The van der Waals surface area contributed by atoms with Crippen LogP contribution < -0.4 is 15.3 Å². The molecule has 1 fully saturated rings. The molecular formula is C18H19N3O. The maximum atomic E-state index is 5.23. The first-order valence-electron chi connectivity index (χ1n) is 7.62. The summed E-state index contributed by atoms with van der Waals surface area (Å²) in [6.07, 6.45) is 0. The van der Waals surface area contributed by atoms with E-state index in [1.807, 2.05) is 12.1 Å². The van der Waals surface area contributed by atoms with Gasteiger partial charge in [-0.3, -0.25) is 4.99 Å². The van der Waals surface area contributed by atoms with E-state index < -0.39 is 0 Å². The molecular weight excluding hydrogens is 274 g/mol. The Morgan fingerprint density at radius 3 is 2.68 bits per heavy atom. The van der Waals surface area contributed by atoms with Crippen LogP contribution in [-0.2, 0) is 6.54 Å². The van der Waals surface area contributed by atoms with Crippen molar-refractivity contribution in [1.29, 1.82) is 0 Å². The molecule has 0 aliphatic carbocycles. The van der Waals surface area contributed by atoms with Gasteiger partial charge in [-0.25, -0.2) is 0 Å². The minimum Gasteiger partial charge on any atom is -0.497 e. The number of fused-ring (bicyclic) bond motifs is 2. The van der Waals surface area contributed by atoms with Crippen LogP contribution in [0.2, 0.25) is 0 Å². The summed E-state index contributed by atoms with van der Waals surface area (Å²) >= 11 is 0. The summed E-state index contributed by atoms with van der Waals surface area (Å²) in [5, 5.41) is 2.36. The van der Waals surface area contributed by atoms with Crippen LogP contribution in [0.3, 0.4) is 0 Å². The molecule has 0 N–H and O–H groups in total. The summed E-state index contributed by atoms with van der Waals surface area (Å²) in [5.41, 5.74) is 1.30. The molecule has 0 saturated carbocycles. The minimum atomic E-state index is 0.769. The van der Waals surface area contributed by atoms with Crippen LogP contribution in [0.1, 0.15) is 5.56 Å². The Hall–Kier alpha value is -2.49. The average Bonchev–Trinajstić information content (AvgIpc) is 2.99. The molecule has 4 rings (SSSR count). The second kappa shape index (κ2) is 5.37. The normalized spacial score (nSPS) is 16.1. The Morgan fingerprint density at radius 2 is 1.86 bits per heavy atom. The molecule has 0 amide bonds. The molecule has 2 aliphatic heterocycles. The lowest BCUT2D eigenvalue weighted by Crippen LogP contribution is -2.41. The maximum Gasteiger partial charge on any atom is 0.118 e. The smallest absolute Gasteiger partial charge is 0.118 e. The molecule has 4 heteroatoms. The predicted molar refractivity (Wildman–Crippen MR) is 85.6 cm³/mol. The first-order chi connectivity index (χ1) is 10.8. The van der Waals surface area contributed by atoms with Crippen molar-refractivity contribution >= 4 is 5.82 Å². The van der Waals surface area contributed by atoms with Crippen molar-refractivity contribution in [3.8, 4) is 5.75 Å². The maximum absolute atomic E-state index is 5.23. The van der Waals surface area contributed by atoms with Gasteiger partial charge in [0.25, 0.3) is 0 Å². The summed E-state index contributed by atoms with van der Waals surface area (Å²) in [5.74, 6) is 2.22. The lowest BCUT2D eigenvalue weighted by molar-refractivity contribution is 0.405. The summed E-state index contributed by atoms with van der Waals surface area (Å²) < 4.78 is 5.23. The van der Waals surface area contributed by atoms with Crippen molar-refractivity contribution in [3.05, 3.63) is 64.7 Å². The van der Waals surface area contributed by atoms with Crippen LogP contribution in [0.25, 0.3) is 5.82 Å². The fraction of sp³-hybridized carbons (Fsp3) is 0.278. The van der Waals surface area contributed by atoms with Gasteiger partial charge in [-0.05, 0) is 29.8 Å². The van der Waals surface area contributed by atoms with E-state index in [1.165, 1.54) is 16.6 Å². The number of hydrogen-bond donors (Lipinski definition) is 0. The third-order valence-corrected chi connectivity index (χ3v) is 4.33. The lowest BCUT2D eigenvalue weighted by Gasteiger charge is -2.26. The molecule has 0 spiro atoms. The Labute approximate surface area is 130 Å². The summed E-state index contributed by atoms with van der Waals surface area (Å²) in [4.78, 5) is 9.48. The van der Waals surface area contributed by atoms with Crippen molar-refractivity contribution in [2.75, 3.05) is 26.9 Å². The van der Waals surface area contributed by atoms with E-state index in [9.17, 15) is 0 Å². The summed E-state index contributed by atoms with van der Waals surface area (Å²) in [6, 6.07) is 16.8. The van der Waals surface area contributed by atoms with Gasteiger partial charge in [0, 0.05) is 24.9 Å². The van der Waals surface area contributed by atoms with E-state index in [1.54, 1.807) is 7.11 Å². The SMILES string of the molecule is COc1ccc(CN2CCN3CN=c4ccccc4=C32)cc1. The molecule has 22 heavy (non-hydrogen) atoms. The van der Waals surface area contributed by atoms with Gasteiger partial charge in [0.1, 0.15) is 18.2 Å². The monoisotopic (exact) mass is 293 g/mol. The van der Waals surface area contributed by atoms with Gasteiger partial charge in [0.05, 0.1) is 12.5 Å². The van der Waals surface area contributed by atoms with Gasteiger partial charge < -0.3 is 14.5 Å². The molecule has 0 unspecified atom stereocenters. The van der Waals surface area contributed by atoms with Gasteiger partial charge in [0.2, 0.25) is 0 Å². The topological polar surface area (TPSA) is 28.1 Å². The van der Waals surface area contributed by atoms with Crippen LogP contribution >= 0.6 is 0 Å². The number of nitrogens with zero attached hydrogens (tertiary/aromatic N) is 3. The standard InChI is InChI=1S/C18H19N3O/c1-22-15-8-6-14(7-9-15)12-20-10-11-21-13-19-17-5-3-2-4-16(17)18(20)21/h2-9H,10-13H2,1H3. The molecule has 4 nitrogen and oxygen atoms in total. The van der Waals surface area contributed by atoms with Crippen LogP contribution in [0.15, 0.2) is 53.5 Å². The van der Waals surface area contributed by atoms with Gasteiger partial charge in [0.15, 0.2) is 0 Å². The molecule has 1 saturated heterocycles. The fourth-order valence-corrected chi connectivity index (χ4v) is 3.20. The van der Waals surface area contributed by atoms with Crippen molar-refractivity contribution < 1.29 is 4.74 Å². The number of ether oxygens (including phenoxy) is 1. The van der Waals surface area contributed by atoms with Crippen LogP contribution in [0.4, 0.5) is 0 Å². The molecule has 0 radical (unpaired) electrons. The predicted octanol–water partition coefficient (Wildman–Crippen LogP) is 1.17. The number of methoxy groups -OCH3 is 1. The highest BCUT2D eigenvalue weighted by Gasteiger charge is 2.26. The highest BCUT2D eigenvalue weighted by atomic mass is 16.5. The van der Waals surface area contributed by atoms with Crippen LogP contribution in [0.5, 0.6) is 5.75 Å². The van der Waals surface area contributed by atoms with Crippen LogP contribution in [-0.4, -0.2) is 36.7 Å². The van der Waals surface area contributed by atoms with Crippen molar-refractivity contribution in [3.63, 3.8) is 0 Å². The van der Waals surface area contributed by atoms with Crippen molar-refractivity contribution in [1.82, 2.24) is 9.80 Å². The average molecular weight is 293 g/mol. The molecule has 0 bridgehead atoms. The third kappa shape index (κ3) is 2.21. The van der Waals surface area contributed by atoms with Crippen molar-refractivity contribution in [2.45, 2.75) is 6.54 Å². The zero-order chi connectivity index (χ0) is 14.9. The first kappa shape index (κ1) is 13.2. The Balaban J connectivity index is 1.69. The number of rotatable bonds is 3. The highest BCUT2D eigenvalue weighted by Crippen LogP contribution is 2.22. The third-order valence-electron chi connectivity index (χ3n) is 4.33. The molecule has 2 aromatic carbocycles. The highest BCUT2D eigenvalue weighted by molar-refractivity contribution is 5.45. The largest absolute Gasteiger partial charge is 0.497 e. The first-order valence-corrected chi connectivity index (χ1v) is 7.62. The molecule has 0 atom stereocenters. The molecule has 2 aromatic rings. The Kier molecular flexibility index (Phi) is 3.22. The fourth-order valence-electron chi connectivity index (χ4n) is 3.20. The lowest BCUT2D eigenvalue weighted by atomic mass is 10.2. The van der Waals surface area contributed by atoms with Crippen LogP contribution in [0, 0.1) is 0 Å². The van der Waals surface area contributed by atoms with Gasteiger partial charge in [-0.2, -0.15) is 0 Å². The second-order valence-electron chi connectivity index (χ2n) is 5.67.